The summed E-state index contributed by atoms with van der Waals surface area (Å²) in [5.41, 5.74) is 1.79. The highest BCUT2D eigenvalue weighted by molar-refractivity contribution is 5.93. The zero-order valence-electron chi connectivity index (χ0n) is 12.8. The molecule has 2 heterocycles. The third-order valence-electron chi connectivity index (χ3n) is 4.09. The van der Waals surface area contributed by atoms with Gasteiger partial charge in [0.25, 0.3) is 0 Å². The lowest BCUT2D eigenvalue weighted by molar-refractivity contribution is 0.332. The fourth-order valence-corrected chi connectivity index (χ4v) is 3.01. The molecule has 0 fully saturated rings. The van der Waals surface area contributed by atoms with Gasteiger partial charge in [-0.1, -0.05) is 12.1 Å². The van der Waals surface area contributed by atoms with E-state index >= 15 is 0 Å². The van der Waals surface area contributed by atoms with Crippen LogP contribution in [0.15, 0.2) is 36.5 Å². The minimum absolute atomic E-state index is 0.0736. The van der Waals surface area contributed by atoms with Gasteiger partial charge in [0.2, 0.25) is 5.75 Å². The number of hydrogen-bond donors (Lipinski definition) is 1. The lowest BCUT2D eigenvalue weighted by Gasteiger charge is -2.16. The Kier molecular flexibility index (Phi) is 3.01. The van der Waals surface area contributed by atoms with Crippen molar-refractivity contribution in [3.63, 3.8) is 0 Å². The lowest BCUT2D eigenvalue weighted by atomic mass is 10.0. The molecule has 1 N–H and O–H groups in total. The maximum absolute atomic E-state index is 10.3. The number of rotatable bonds is 2. The second-order valence-electron chi connectivity index (χ2n) is 5.34. The quantitative estimate of drug-likeness (QED) is 0.612. The van der Waals surface area contributed by atoms with Crippen LogP contribution in [0.5, 0.6) is 28.7 Å². The molecule has 3 aromatic rings. The summed E-state index contributed by atoms with van der Waals surface area (Å²) in [6.07, 6.45) is 2.35. The summed E-state index contributed by atoms with van der Waals surface area (Å²) in [5.74, 6) is 2.11. The molecule has 2 aromatic carbocycles. The number of pyridine rings is 1. The van der Waals surface area contributed by atoms with Crippen molar-refractivity contribution in [1.29, 1.82) is 0 Å². The predicted molar refractivity (Wildman–Crippen MR) is 85.8 cm³/mol. The Labute approximate surface area is 133 Å². The minimum atomic E-state index is 0.0736. The van der Waals surface area contributed by atoms with Gasteiger partial charge in [0.15, 0.2) is 23.0 Å². The van der Waals surface area contributed by atoms with E-state index < -0.39 is 0 Å². The van der Waals surface area contributed by atoms with E-state index in [1.165, 1.54) is 0 Å². The van der Waals surface area contributed by atoms with Crippen LogP contribution in [0, 0.1) is 0 Å². The first-order valence-electron chi connectivity index (χ1n) is 7.24. The van der Waals surface area contributed by atoms with Gasteiger partial charge in [0.1, 0.15) is 0 Å². The van der Waals surface area contributed by atoms with Crippen LogP contribution in [0.2, 0.25) is 0 Å². The van der Waals surface area contributed by atoms with Crippen LogP contribution in [0.4, 0.5) is 0 Å². The summed E-state index contributed by atoms with van der Waals surface area (Å²) in [5, 5.41) is 12.1. The van der Waals surface area contributed by atoms with Crippen LogP contribution >= 0.6 is 0 Å². The van der Waals surface area contributed by atoms with Crippen LogP contribution in [-0.2, 0) is 6.42 Å². The summed E-state index contributed by atoms with van der Waals surface area (Å²) in [7, 11) is 3.15. The molecule has 0 radical (unpaired) electrons. The van der Waals surface area contributed by atoms with E-state index in [0.717, 1.165) is 22.0 Å². The van der Waals surface area contributed by atoms with Gasteiger partial charge < -0.3 is 19.3 Å². The topological polar surface area (TPSA) is 60.8 Å². The summed E-state index contributed by atoms with van der Waals surface area (Å²) >= 11 is 0. The Morgan fingerprint density at radius 2 is 1.91 bits per heavy atom. The number of ether oxygens (including phenoxy) is 3. The number of phenolic OH excluding ortho intramolecular Hbond substituents is 1. The molecule has 0 saturated carbocycles. The van der Waals surface area contributed by atoms with Crippen molar-refractivity contribution in [3.8, 4) is 28.7 Å². The highest BCUT2D eigenvalue weighted by atomic mass is 16.5. The molecule has 1 aliphatic rings. The molecule has 0 atom stereocenters. The molecule has 0 spiro atoms. The normalized spacial score (nSPS) is 12.3. The van der Waals surface area contributed by atoms with Crippen molar-refractivity contribution in [3.05, 3.63) is 47.8 Å². The van der Waals surface area contributed by atoms with Crippen LogP contribution in [0.25, 0.3) is 10.8 Å². The first-order valence-corrected chi connectivity index (χ1v) is 7.24. The van der Waals surface area contributed by atoms with Crippen molar-refractivity contribution in [2.24, 2.45) is 0 Å². The molecular formula is C18H15NO4. The summed E-state index contributed by atoms with van der Waals surface area (Å²) in [6.45, 7) is 0. The predicted octanol–water partition coefficient (Wildman–Crippen LogP) is 3.65. The average Bonchev–Trinajstić information content (AvgIpc) is 2.75. The van der Waals surface area contributed by atoms with Crippen molar-refractivity contribution in [2.75, 3.05) is 14.2 Å². The van der Waals surface area contributed by atoms with Gasteiger partial charge in [-0.25, -0.2) is 0 Å². The van der Waals surface area contributed by atoms with Crippen molar-refractivity contribution in [2.45, 2.75) is 6.42 Å². The lowest BCUT2D eigenvalue weighted by Crippen LogP contribution is -1.97. The fourth-order valence-electron chi connectivity index (χ4n) is 3.01. The molecule has 0 aliphatic carbocycles. The van der Waals surface area contributed by atoms with E-state index in [0.29, 0.717) is 29.4 Å². The van der Waals surface area contributed by atoms with Gasteiger partial charge in [-0.05, 0) is 23.6 Å². The van der Waals surface area contributed by atoms with E-state index in [4.69, 9.17) is 14.2 Å². The molecule has 4 rings (SSSR count). The molecule has 116 valence electrons. The molecule has 1 aromatic heterocycles. The molecule has 0 bridgehead atoms. The second-order valence-corrected chi connectivity index (χ2v) is 5.34. The number of aromatic nitrogens is 1. The van der Waals surface area contributed by atoms with Crippen molar-refractivity contribution >= 4 is 10.8 Å². The van der Waals surface area contributed by atoms with Gasteiger partial charge in [-0.3, -0.25) is 4.98 Å². The maximum atomic E-state index is 10.3. The van der Waals surface area contributed by atoms with Crippen LogP contribution in [0.1, 0.15) is 11.3 Å². The summed E-state index contributed by atoms with van der Waals surface area (Å²) in [4.78, 5) is 4.47. The second kappa shape index (κ2) is 5.05. The van der Waals surface area contributed by atoms with Crippen molar-refractivity contribution in [1.82, 2.24) is 4.98 Å². The van der Waals surface area contributed by atoms with Gasteiger partial charge in [-0.2, -0.15) is 0 Å². The van der Waals surface area contributed by atoms with E-state index in [1.807, 2.05) is 24.3 Å². The smallest absolute Gasteiger partial charge is 0.204 e. The average molecular weight is 309 g/mol. The monoisotopic (exact) mass is 309 g/mol. The standard InChI is InChI=1S/C18H15NO4/c1-21-14-6-4-11-9-12-15-10(7-8-19-12)3-5-13(20)17(15)23-16(11)18(14)22-2/h3-8,20H,9H2,1-2H3. The first kappa shape index (κ1) is 13.7. The van der Waals surface area contributed by atoms with Crippen LogP contribution < -0.4 is 14.2 Å². The largest absolute Gasteiger partial charge is 0.504 e. The number of phenols is 1. The Hall–Kier alpha value is -2.95. The molecule has 5 nitrogen and oxygen atoms in total. The minimum Gasteiger partial charge on any atom is -0.504 e. The molecule has 0 unspecified atom stereocenters. The number of benzene rings is 2. The highest BCUT2D eigenvalue weighted by Crippen LogP contribution is 2.49. The van der Waals surface area contributed by atoms with Crippen molar-refractivity contribution < 1.29 is 19.3 Å². The summed E-state index contributed by atoms with van der Waals surface area (Å²) in [6, 6.07) is 9.16. The summed E-state index contributed by atoms with van der Waals surface area (Å²) < 4.78 is 16.9. The zero-order chi connectivity index (χ0) is 16.0. The Balaban J connectivity index is 2.05. The number of aromatic hydroxyl groups is 1. The first-order chi connectivity index (χ1) is 11.2. The zero-order valence-corrected chi connectivity index (χ0v) is 12.8. The third-order valence-corrected chi connectivity index (χ3v) is 4.09. The molecule has 5 heteroatoms. The Morgan fingerprint density at radius 3 is 2.70 bits per heavy atom. The van der Waals surface area contributed by atoms with E-state index in [9.17, 15) is 5.11 Å². The highest BCUT2D eigenvalue weighted by Gasteiger charge is 2.25. The third kappa shape index (κ3) is 1.97. The Morgan fingerprint density at radius 1 is 1.04 bits per heavy atom. The van der Waals surface area contributed by atoms with Gasteiger partial charge in [0, 0.05) is 18.2 Å². The number of methoxy groups -OCH3 is 2. The van der Waals surface area contributed by atoms with E-state index in [1.54, 1.807) is 26.5 Å². The SMILES string of the molecule is COc1ccc2c(c1OC)Oc1c(O)ccc3ccnc(c13)C2. The molecule has 0 amide bonds. The number of hydrogen-bond acceptors (Lipinski definition) is 5. The van der Waals surface area contributed by atoms with E-state index in [2.05, 4.69) is 4.98 Å². The Bertz CT molecular complexity index is 921. The van der Waals surface area contributed by atoms with Gasteiger partial charge >= 0.3 is 0 Å². The van der Waals surface area contributed by atoms with Crippen LogP contribution in [-0.4, -0.2) is 24.3 Å². The molecule has 0 saturated heterocycles. The van der Waals surface area contributed by atoms with Crippen LogP contribution in [0.3, 0.4) is 0 Å². The number of fused-ring (bicyclic) bond motifs is 1. The molecule has 1 aliphatic heterocycles. The fraction of sp³-hybridized carbons (Fsp3) is 0.167. The van der Waals surface area contributed by atoms with Gasteiger partial charge in [0.05, 0.1) is 25.3 Å². The maximum Gasteiger partial charge on any atom is 0.204 e. The number of nitrogens with zero attached hydrogens (tertiary/aromatic N) is 1. The van der Waals surface area contributed by atoms with Gasteiger partial charge in [-0.15, -0.1) is 0 Å². The molecular weight excluding hydrogens is 294 g/mol. The molecule has 23 heavy (non-hydrogen) atoms. The van der Waals surface area contributed by atoms with E-state index in [-0.39, 0.29) is 5.75 Å².